The number of hydrogen-bond donors (Lipinski definition) is 3. The van der Waals surface area contributed by atoms with Gasteiger partial charge in [0.2, 0.25) is 0 Å². The van der Waals surface area contributed by atoms with Crippen molar-refractivity contribution >= 4 is 23.5 Å². The van der Waals surface area contributed by atoms with Crippen LogP contribution in [-0.2, 0) is 16.0 Å². The molecule has 7 nitrogen and oxygen atoms in total. The molecule has 0 radical (unpaired) electrons. The Kier molecular flexibility index (Phi) is 6.49. The Balaban J connectivity index is 1.62. The maximum Gasteiger partial charge on any atom is 0.326 e. The maximum atomic E-state index is 12.5. The Morgan fingerprint density at radius 3 is 2.69 bits per heavy atom. The van der Waals surface area contributed by atoms with E-state index in [0.29, 0.717) is 30.7 Å². The number of benzene rings is 2. The van der Waals surface area contributed by atoms with Gasteiger partial charge in [-0.3, -0.25) is 9.59 Å². The SMILES string of the molecule is CCCC[C@H](NC(=O)c1cccc(NC(=O)C2Cc3ccccc3O2)c1)C(=O)O. The van der Waals surface area contributed by atoms with Gasteiger partial charge in [0.25, 0.3) is 11.8 Å². The van der Waals surface area contributed by atoms with Crippen molar-refractivity contribution in [3.63, 3.8) is 0 Å². The fraction of sp³-hybridized carbons (Fsp3) is 0.318. The van der Waals surface area contributed by atoms with E-state index in [1.165, 1.54) is 6.07 Å². The molecular formula is C22H24N2O5. The summed E-state index contributed by atoms with van der Waals surface area (Å²) in [6, 6.07) is 13.0. The van der Waals surface area contributed by atoms with Crippen molar-refractivity contribution in [2.45, 2.75) is 44.8 Å². The predicted molar refractivity (Wildman–Crippen MR) is 108 cm³/mol. The van der Waals surface area contributed by atoms with Crippen molar-refractivity contribution in [1.29, 1.82) is 0 Å². The molecule has 2 aromatic carbocycles. The second-order valence-corrected chi connectivity index (χ2v) is 6.99. The molecule has 7 heteroatoms. The third kappa shape index (κ3) is 5.13. The number of nitrogens with one attached hydrogen (secondary N) is 2. The normalized spacial score (nSPS) is 15.7. The molecule has 2 amide bonds. The molecule has 3 rings (SSSR count). The van der Waals surface area contributed by atoms with Gasteiger partial charge in [-0.1, -0.05) is 44.0 Å². The van der Waals surface area contributed by atoms with Crippen molar-refractivity contribution in [2.24, 2.45) is 0 Å². The third-order valence-electron chi connectivity index (χ3n) is 4.78. The van der Waals surface area contributed by atoms with E-state index in [4.69, 9.17) is 4.74 Å². The minimum Gasteiger partial charge on any atom is -0.480 e. The van der Waals surface area contributed by atoms with Crippen LogP contribution in [0.15, 0.2) is 48.5 Å². The highest BCUT2D eigenvalue weighted by Gasteiger charge is 2.29. The monoisotopic (exact) mass is 396 g/mol. The average Bonchev–Trinajstić information content (AvgIpc) is 3.15. The molecule has 0 spiro atoms. The quantitative estimate of drug-likeness (QED) is 0.636. The fourth-order valence-corrected chi connectivity index (χ4v) is 3.20. The number of para-hydroxylation sites is 1. The zero-order valence-electron chi connectivity index (χ0n) is 16.2. The van der Waals surface area contributed by atoms with Crippen molar-refractivity contribution in [1.82, 2.24) is 5.32 Å². The van der Waals surface area contributed by atoms with Gasteiger partial charge in [0.05, 0.1) is 0 Å². The van der Waals surface area contributed by atoms with Crippen molar-refractivity contribution < 1.29 is 24.2 Å². The molecule has 0 bridgehead atoms. The van der Waals surface area contributed by atoms with Gasteiger partial charge in [-0.2, -0.15) is 0 Å². The molecule has 1 unspecified atom stereocenters. The summed E-state index contributed by atoms with van der Waals surface area (Å²) in [7, 11) is 0. The van der Waals surface area contributed by atoms with Crippen LogP contribution >= 0.6 is 0 Å². The molecule has 152 valence electrons. The molecule has 0 saturated carbocycles. The Morgan fingerprint density at radius 2 is 1.97 bits per heavy atom. The number of amides is 2. The van der Waals surface area contributed by atoms with Gasteiger partial charge in [0.15, 0.2) is 6.10 Å². The summed E-state index contributed by atoms with van der Waals surface area (Å²) < 4.78 is 5.68. The van der Waals surface area contributed by atoms with Crippen molar-refractivity contribution in [3.05, 3.63) is 59.7 Å². The van der Waals surface area contributed by atoms with Gasteiger partial charge >= 0.3 is 5.97 Å². The number of aliphatic carboxylic acids is 1. The second-order valence-electron chi connectivity index (χ2n) is 6.99. The van der Waals surface area contributed by atoms with E-state index in [1.54, 1.807) is 18.2 Å². The van der Waals surface area contributed by atoms with Crippen molar-refractivity contribution in [3.8, 4) is 5.75 Å². The second kappa shape index (κ2) is 9.23. The molecule has 3 N–H and O–H groups in total. The van der Waals surface area contributed by atoms with E-state index >= 15 is 0 Å². The zero-order chi connectivity index (χ0) is 20.8. The van der Waals surface area contributed by atoms with E-state index in [-0.39, 0.29) is 11.5 Å². The summed E-state index contributed by atoms with van der Waals surface area (Å²) >= 11 is 0. The number of carbonyl (C=O) groups is 3. The number of rotatable bonds is 8. The standard InChI is InChI=1S/C22H24N2O5/c1-2-3-10-17(22(27)28)24-20(25)15-8-6-9-16(12-15)23-21(26)19-13-14-7-4-5-11-18(14)29-19/h4-9,11-12,17,19H,2-3,10,13H2,1H3,(H,23,26)(H,24,25)(H,27,28)/t17-,19?/m0/s1. The van der Waals surface area contributed by atoms with Crippen molar-refractivity contribution in [2.75, 3.05) is 5.32 Å². The van der Waals surface area contributed by atoms with Gasteiger partial charge in [-0.15, -0.1) is 0 Å². The number of carboxylic acid groups (broad SMARTS) is 1. The largest absolute Gasteiger partial charge is 0.480 e. The van der Waals surface area contributed by atoms with E-state index < -0.39 is 24.0 Å². The number of carbonyl (C=O) groups excluding carboxylic acids is 2. The average molecular weight is 396 g/mol. The highest BCUT2D eigenvalue weighted by Crippen LogP contribution is 2.28. The Bertz CT molecular complexity index is 887. The van der Waals surface area contributed by atoms with Crippen LogP contribution in [-0.4, -0.2) is 35.0 Å². The molecule has 1 heterocycles. The van der Waals surface area contributed by atoms with Crippen LogP contribution in [0.5, 0.6) is 5.75 Å². The van der Waals surface area contributed by atoms with Crippen LogP contribution in [0.3, 0.4) is 0 Å². The summed E-state index contributed by atoms with van der Waals surface area (Å²) in [5.74, 6) is -1.15. The van der Waals surface area contributed by atoms with Gasteiger partial charge in [-0.25, -0.2) is 4.79 Å². The molecule has 0 saturated heterocycles. The lowest BCUT2D eigenvalue weighted by Gasteiger charge is -2.15. The lowest BCUT2D eigenvalue weighted by Crippen LogP contribution is -2.40. The molecule has 2 atom stereocenters. The van der Waals surface area contributed by atoms with Crippen LogP contribution in [0.1, 0.15) is 42.1 Å². The fourth-order valence-electron chi connectivity index (χ4n) is 3.20. The van der Waals surface area contributed by atoms with Gasteiger partial charge in [0, 0.05) is 17.7 Å². The van der Waals surface area contributed by atoms with Crippen LogP contribution < -0.4 is 15.4 Å². The lowest BCUT2D eigenvalue weighted by atomic mass is 10.1. The number of fused-ring (bicyclic) bond motifs is 1. The number of ether oxygens (including phenoxy) is 1. The van der Waals surface area contributed by atoms with E-state index in [2.05, 4.69) is 10.6 Å². The van der Waals surface area contributed by atoms with Gasteiger partial charge in [-0.05, 0) is 36.2 Å². The molecule has 1 aliphatic heterocycles. The predicted octanol–water partition coefficient (Wildman–Crippen LogP) is 3.00. The molecule has 2 aromatic rings. The molecule has 0 fully saturated rings. The minimum absolute atomic E-state index is 0.279. The van der Waals surface area contributed by atoms with Crippen LogP contribution in [0.2, 0.25) is 0 Å². The smallest absolute Gasteiger partial charge is 0.326 e. The molecule has 0 aliphatic carbocycles. The molecule has 0 aromatic heterocycles. The molecule has 1 aliphatic rings. The molecular weight excluding hydrogens is 372 g/mol. The van der Waals surface area contributed by atoms with Crippen LogP contribution in [0.4, 0.5) is 5.69 Å². The first-order chi connectivity index (χ1) is 14.0. The number of anilines is 1. The number of hydrogen-bond acceptors (Lipinski definition) is 4. The zero-order valence-corrected chi connectivity index (χ0v) is 16.2. The summed E-state index contributed by atoms with van der Waals surface area (Å²) in [6.45, 7) is 1.96. The maximum absolute atomic E-state index is 12.5. The van der Waals surface area contributed by atoms with Gasteiger partial charge < -0.3 is 20.5 Å². The summed E-state index contributed by atoms with van der Waals surface area (Å²) in [5, 5.41) is 14.6. The van der Waals surface area contributed by atoms with Crippen LogP contribution in [0, 0.1) is 0 Å². The summed E-state index contributed by atoms with van der Waals surface area (Å²) in [4.78, 5) is 36.3. The van der Waals surface area contributed by atoms with Gasteiger partial charge in [0.1, 0.15) is 11.8 Å². The topological polar surface area (TPSA) is 105 Å². The summed E-state index contributed by atoms with van der Waals surface area (Å²) in [5.41, 5.74) is 1.70. The Hall–Kier alpha value is -3.35. The Morgan fingerprint density at radius 1 is 1.17 bits per heavy atom. The van der Waals surface area contributed by atoms with Crippen LogP contribution in [0.25, 0.3) is 0 Å². The number of unbranched alkanes of at least 4 members (excludes halogenated alkanes) is 1. The molecule has 29 heavy (non-hydrogen) atoms. The minimum atomic E-state index is -1.06. The number of carboxylic acids is 1. The first kappa shape index (κ1) is 20.4. The lowest BCUT2D eigenvalue weighted by molar-refractivity contribution is -0.139. The summed E-state index contributed by atoms with van der Waals surface area (Å²) in [6.07, 6.45) is 1.77. The highest BCUT2D eigenvalue weighted by atomic mass is 16.5. The first-order valence-electron chi connectivity index (χ1n) is 9.67. The third-order valence-corrected chi connectivity index (χ3v) is 4.78. The van der Waals surface area contributed by atoms with E-state index in [1.807, 2.05) is 31.2 Å². The highest BCUT2D eigenvalue weighted by molar-refractivity contribution is 5.99. The Labute approximate surface area is 169 Å². The van der Waals surface area contributed by atoms with E-state index in [9.17, 15) is 19.5 Å². The van der Waals surface area contributed by atoms with E-state index in [0.717, 1.165) is 12.0 Å². The first-order valence-corrected chi connectivity index (χ1v) is 9.67.